The van der Waals surface area contributed by atoms with E-state index < -0.39 is 0 Å². The van der Waals surface area contributed by atoms with Crippen molar-refractivity contribution in [2.45, 2.75) is 72.3 Å². The fourth-order valence-electron chi connectivity index (χ4n) is 2.58. The minimum absolute atomic E-state index is 0.698. The van der Waals surface area contributed by atoms with E-state index in [0.717, 1.165) is 11.8 Å². The summed E-state index contributed by atoms with van der Waals surface area (Å²) in [5.41, 5.74) is 0. The normalized spacial score (nSPS) is 15.2. The summed E-state index contributed by atoms with van der Waals surface area (Å²) in [4.78, 5) is 2.53. The summed E-state index contributed by atoms with van der Waals surface area (Å²) in [5, 5.41) is 3.21. The van der Waals surface area contributed by atoms with Crippen LogP contribution in [0.2, 0.25) is 0 Å². The maximum Gasteiger partial charge on any atom is 0.00869 e. The van der Waals surface area contributed by atoms with Crippen LogP contribution in [0.25, 0.3) is 0 Å². The highest BCUT2D eigenvalue weighted by atomic mass is 15.1. The molecule has 0 radical (unpaired) electrons. The van der Waals surface area contributed by atoms with E-state index in [9.17, 15) is 0 Å². The van der Waals surface area contributed by atoms with Gasteiger partial charge in [0, 0.05) is 12.6 Å². The van der Waals surface area contributed by atoms with Crippen molar-refractivity contribution in [3.63, 3.8) is 0 Å². The molecular formula is C17H38N2. The van der Waals surface area contributed by atoms with Gasteiger partial charge in [-0.2, -0.15) is 0 Å². The van der Waals surface area contributed by atoms with Crippen LogP contribution in [0.5, 0.6) is 0 Å². The van der Waals surface area contributed by atoms with Crippen molar-refractivity contribution in [3.05, 3.63) is 0 Å². The SMILES string of the molecule is CNCCCCCCCC(C)CN(C)C(C)C(C)C. The first kappa shape index (κ1) is 18.9. The van der Waals surface area contributed by atoms with Crippen LogP contribution >= 0.6 is 0 Å². The van der Waals surface area contributed by atoms with Gasteiger partial charge in [-0.3, -0.25) is 0 Å². The van der Waals surface area contributed by atoms with Gasteiger partial charge in [-0.05, 0) is 52.2 Å². The van der Waals surface area contributed by atoms with E-state index in [1.165, 1.54) is 51.6 Å². The third-order valence-corrected chi connectivity index (χ3v) is 4.38. The van der Waals surface area contributed by atoms with Crippen molar-refractivity contribution in [1.29, 1.82) is 0 Å². The molecule has 0 aliphatic rings. The molecule has 0 saturated carbocycles. The Labute approximate surface area is 122 Å². The summed E-state index contributed by atoms with van der Waals surface area (Å²) in [7, 11) is 4.31. The Balaban J connectivity index is 3.51. The summed E-state index contributed by atoms with van der Waals surface area (Å²) in [6.45, 7) is 11.8. The Morgan fingerprint density at radius 1 is 0.895 bits per heavy atom. The van der Waals surface area contributed by atoms with Crippen molar-refractivity contribution in [1.82, 2.24) is 10.2 Å². The molecule has 0 bridgehead atoms. The topological polar surface area (TPSA) is 15.3 Å². The molecule has 0 saturated heterocycles. The fraction of sp³-hybridized carbons (Fsp3) is 1.00. The highest BCUT2D eigenvalue weighted by Crippen LogP contribution is 2.15. The molecule has 19 heavy (non-hydrogen) atoms. The molecule has 2 unspecified atom stereocenters. The van der Waals surface area contributed by atoms with Crippen LogP contribution in [0, 0.1) is 11.8 Å². The van der Waals surface area contributed by atoms with Crippen molar-refractivity contribution in [2.24, 2.45) is 11.8 Å². The highest BCUT2D eigenvalue weighted by molar-refractivity contribution is 4.69. The molecule has 2 heteroatoms. The minimum Gasteiger partial charge on any atom is -0.320 e. The highest BCUT2D eigenvalue weighted by Gasteiger charge is 2.15. The molecule has 0 heterocycles. The van der Waals surface area contributed by atoms with E-state index in [1.54, 1.807) is 0 Å². The molecule has 0 spiro atoms. The summed E-state index contributed by atoms with van der Waals surface area (Å²) >= 11 is 0. The molecule has 0 fully saturated rings. The lowest BCUT2D eigenvalue weighted by Crippen LogP contribution is -2.36. The minimum atomic E-state index is 0.698. The number of hydrogen-bond acceptors (Lipinski definition) is 2. The molecule has 0 aromatic heterocycles. The monoisotopic (exact) mass is 270 g/mol. The van der Waals surface area contributed by atoms with E-state index in [2.05, 4.69) is 45.0 Å². The van der Waals surface area contributed by atoms with E-state index >= 15 is 0 Å². The first-order valence-corrected chi connectivity index (χ1v) is 8.33. The third-order valence-electron chi connectivity index (χ3n) is 4.38. The molecule has 1 N–H and O–H groups in total. The lowest BCUT2D eigenvalue weighted by Gasteiger charge is -2.30. The van der Waals surface area contributed by atoms with Crippen molar-refractivity contribution in [3.8, 4) is 0 Å². The lowest BCUT2D eigenvalue weighted by molar-refractivity contribution is 0.179. The molecular weight excluding hydrogens is 232 g/mol. The van der Waals surface area contributed by atoms with E-state index in [1.807, 2.05) is 7.05 Å². The number of nitrogens with one attached hydrogen (secondary N) is 1. The molecule has 2 atom stereocenters. The second-order valence-corrected chi connectivity index (χ2v) is 6.69. The van der Waals surface area contributed by atoms with Gasteiger partial charge in [0.05, 0.1) is 0 Å². The van der Waals surface area contributed by atoms with Crippen LogP contribution in [-0.4, -0.2) is 38.1 Å². The second-order valence-electron chi connectivity index (χ2n) is 6.69. The standard InChI is InChI=1S/C17H38N2/c1-15(2)17(4)19(6)14-16(3)12-10-8-7-9-11-13-18-5/h15-18H,7-14H2,1-6H3. The summed E-state index contributed by atoms with van der Waals surface area (Å²) in [6, 6.07) is 0.698. The first-order chi connectivity index (χ1) is 8.99. The van der Waals surface area contributed by atoms with E-state index in [-0.39, 0.29) is 0 Å². The molecule has 0 aliphatic heterocycles. The lowest BCUT2D eigenvalue weighted by atomic mass is 9.99. The van der Waals surface area contributed by atoms with Gasteiger partial charge in [0.25, 0.3) is 0 Å². The second kappa shape index (κ2) is 11.7. The predicted octanol–water partition coefficient (Wildman–Crippen LogP) is 4.16. The fourth-order valence-corrected chi connectivity index (χ4v) is 2.58. The van der Waals surface area contributed by atoms with Gasteiger partial charge in [0.1, 0.15) is 0 Å². The number of nitrogens with zero attached hydrogens (tertiary/aromatic N) is 1. The largest absolute Gasteiger partial charge is 0.320 e. The number of unbranched alkanes of at least 4 members (excludes halogenated alkanes) is 4. The average Bonchev–Trinajstić information content (AvgIpc) is 2.36. The van der Waals surface area contributed by atoms with Crippen molar-refractivity contribution >= 4 is 0 Å². The van der Waals surface area contributed by atoms with Crippen molar-refractivity contribution in [2.75, 3.05) is 27.2 Å². The van der Waals surface area contributed by atoms with Gasteiger partial charge in [-0.1, -0.05) is 46.5 Å². The molecule has 0 aliphatic carbocycles. The van der Waals surface area contributed by atoms with Gasteiger partial charge < -0.3 is 10.2 Å². The van der Waals surface area contributed by atoms with Gasteiger partial charge in [0.15, 0.2) is 0 Å². The van der Waals surface area contributed by atoms with Crippen LogP contribution in [0.1, 0.15) is 66.2 Å². The zero-order chi connectivity index (χ0) is 14.7. The first-order valence-electron chi connectivity index (χ1n) is 8.33. The Hall–Kier alpha value is -0.0800. The molecule has 0 rings (SSSR count). The Kier molecular flexibility index (Phi) is 11.7. The van der Waals surface area contributed by atoms with Crippen LogP contribution in [-0.2, 0) is 0 Å². The molecule has 0 aromatic carbocycles. The van der Waals surface area contributed by atoms with Gasteiger partial charge in [-0.25, -0.2) is 0 Å². The quantitative estimate of drug-likeness (QED) is 0.536. The number of hydrogen-bond donors (Lipinski definition) is 1. The zero-order valence-corrected chi connectivity index (χ0v) is 14.3. The van der Waals surface area contributed by atoms with Gasteiger partial charge in [-0.15, -0.1) is 0 Å². The van der Waals surface area contributed by atoms with Gasteiger partial charge >= 0.3 is 0 Å². The van der Waals surface area contributed by atoms with Crippen LogP contribution in [0.4, 0.5) is 0 Å². The Morgan fingerprint density at radius 2 is 1.47 bits per heavy atom. The van der Waals surface area contributed by atoms with Gasteiger partial charge in [0.2, 0.25) is 0 Å². The molecule has 0 aromatic rings. The Bertz CT molecular complexity index is 192. The average molecular weight is 271 g/mol. The Morgan fingerprint density at radius 3 is 2.05 bits per heavy atom. The smallest absolute Gasteiger partial charge is 0.00869 e. The molecule has 116 valence electrons. The molecule has 0 amide bonds. The number of rotatable bonds is 12. The van der Waals surface area contributed by atoms with Crippen LogP contribution in [0.15, 0.2) is 0 Å². The summed E-state index contributed by atoms with van der Waals surface area (Å²) in [6.07, 6.45) is 8.34. The third kappa shape index (κ3) is 10.4. The zero-order valence-electron chi connectivity index (χ0n) is 14.3. The maximum absolute atomic E-state index is 3.21. The van der Waals surface area contributed by atoms with Crippen LogP contribution in [0.3, 0.4) is 0 Å². The molecule has 2 nitrogen and oxygen atoms in total. The predicted molar refractivity (Wildman–Crippen MR) is 87.7 cm³/mol. The summed E-state index contributed by atoms with van der Waals surface area (Å²) < 4.78 is 0. The van der Waals surface area contributed by atoms with E-state index in [4.69, 9.17) is 0 Å². The maximum atomic E-state index is 3.21. The van der Waals surface area contributed by atoms with Crippen LogP contribution < -0.4 is 5.32 Å². The van der Waals surface area contributed by atoms with E-state index in [0.29, 0.717) is 6.04 Å². The summed E-state index contributed by atoms with van der Waals surface area (Å²) in [5.74, 6) is 1.59. The van der Waals surface area contributed by atoms with Crippen molar-refractivity contribution < 1.29 is 0 Å².